The van der Waals surface area contributed by atoms with Gasteiger partial charge in [0, 0.05) is 12.6 Å². The lowest BCUT2D eigenvalue weighted by molar-refractivity contribution is 0.575. The second-order valence-electron chi connectivity index (χ2n) is 4.50. The highest BCUT2D eigenvalue weighted by Crippen LogP contribution is 2.29. The number of sulfonamides is 1. The van der Waals surface area contributed by atoms with E-state index >= 15 is 0 Å². The van der Waals surface area contributed by atoms with Gasteiger partial charge in [0.2, 0.25) is 10.0 Å². The Morgan fingerprint density at radius 2 is 2.17 bits per heavy atom. The molecule has 1 aromatic rings. The Morgan fingerprint density at radius 1 is 1.44 bits per heavy atom. The molecule has 18 heavy (non-hydrogen) atoms. The highest BCUT2D eigenvalue weighted by atomic mass is 35.5. The summed E-state index contributed by atoms with van der Waals surface area (Å²) in [5, 5.41) is 3.34. The third kappa shape index (κ3) is 3.93. The van der Waals surface area contributed by atoms with E-state index in [9.17, 15) is 8.42 Å². The first-order chi connectivity index (χ1) is 8.49. The molecular formula is C11H17ClN2O2S2. The van der Waals surface area contributed by atoms with Gasteiger partial charge in [0.1, 0.15) is 4.21 Å². The Bertz CT molecular complexity index is 490. The number of nitrogens with one attached hydrogen (secondary N) is 2. The van der Waals surface area contributed by atoms with Crippen molar-refractivity contribution in [2.45, 2.75) is 36.4 Å². The second-order valence-corrected chi connectivity index (χ2v) is 8.15. The van der Waals surface area contributed by atoms with Crippen molar-refractivity contribution in [1.29, 1.82) is 0 Å². The molecule has 0 spiro atoms. The molecule has 0 aliphatic heterocycles. The normalized spacial score (nSPS) is 16.1. The topological polar surface area (TPSA) is 58.2 Å². The molecule has 0 bridgehead atoms. The van der Waals surface area contributed by atoms with Crippen LogP contribution in [-0.2, 0) is 10.0 Å². The number of rotatable bonds is 7. The van der Waals surface area contributed by atoms with E-state index < -0.39 is 10.0 Å². The van der Waals surface area contributed by atoms with E-state index in [0.717, 1.165) is 29.9 Å². The molecule has 0 aromatic carbocycles. The maximum atomic E-state index is 11.9. The van der Waals surface area contributed by atoms with Crippen LogP contribution < -0.4 is 10.0 Å². The van der Waals surface area contributed by atoms with Crippen molar-refractivity contribution in [2.75, 3.05) is 13.1 Å². The molecule has 1 fully saturated rings. The van der Waals surface area contributed by atoms with Gasteiger partial charge in [0.05, 0.1) is 4.34 Å². The van der Waals surface area contributed by atoms with E-state index in [2.05, 4.69) is 10.0 Å². The lowest BCUT2D eigenvalue weighted by atomic mass is 10.4. The SMILES string of the molecule is Cc1cc(S(=O)(=O)NCCCNC2CC2)sc1Cl. The van der Waals surface area contributed by atoms with Crippen LogP contribution in [0, 0.1) is 6.92 Å². The number of aryl methyl sites for hydroxylation is 1. The van der Waals surface area contributed by atoms with Crippen molar-refractivity contribution < 1.29 is 8.42 Å². The van der Waals surface area contributed by atoms with Gasteiger partial charge in [-0.2, -0.15) is 0 Å². The molecule has 1 heterocycles. The average molecular weight is 309 g/mol. The molecule has 4 nitrogen and oxygen atoms in total. The largest absolute Gasteiger partial charge is 0.314 e. The maximum absolute atomic E-state index is 11.9. The zero-order valence-corrected chi connectivity index (χ0v) is 12.6. The quantitative estimate of drug-likeness (QED) is 0.759. The van der Waals surface area contributed by atoms with Gasteiger partial charge in [0.25, 0.3) is 0 Å². The first-order valence-electron chi connectivity index (χ1n) is 5.98. The molecule has 0 unspecified atom stereocenters. The van der Waals surface area contributed by atoms with Crippen molar-refractivity contribution >= 4 is 33.0 Å². The molecule has 0 radical (unpaired) electrons. The minimum absolute atomic E-state index is 0.292. The number of hydrogen-bond acceptors (Lipinski definition) is 4. The summed E-state index contributed by atoms with van der Waals surface area (Å²) in [6.45, 7) is 3.12. The average Bonchev–Trinajstić information content (AvgIpc) is 3.05. The summed E-state index contributed by atoms with van der Waals surface area (Å²) >= 11 is 6.98. The number of thiophene rings is 1. The van der Waals surface area contributed by atoms with Gasteiger partial charge in [-0.05, 0) is 44.4 Å². The monoisotopic (exact) mass is 308 g/mol. The molecule has 1 saturated carbocycles. The Morgan fingerprint density at radius 3 is 2.72 bits per heavy atom. The molecule has 102 valence electrons. The van der Waals surface area contributed by atoms with Crippen LogP contribution in [0.25, 0.3) is 0 Å². The molecular weight excluding hydrogens is 292 g/mol. The molecule has 1 aliphatic carbocycles. The number of hydrogen-bond donors (Lipinski definition) is 2. The third-order valence-corrected chi connectivity index (χ3v) is 6.25. The minimum Gasteiger partial charge on any atom is -0.314 e. The van der Waals surface area contributed by atoms with Crippen molar-refractivity contribution in [1.82, 2.24) is 10.0 Å². The summed E-state index contributed by atoms with van der Waals surface area (Å²) in [7, 11) is -3.39. The summed E-state index contributed by atoms with van der Waals surface area (Å²) < 4.78 is 27.3. The van der Waals surface area contributed by atoms with Crippen LogP contribution >= 0.6 is 22.9 Å². The molecule has 7 heteroatoms. The van der Waals surface area contributed by atoms with Gasteiger partial charge < -0.3 is 5.32 Å². The van der Waals surface area contributed by atoms with E-state index in [-0.39, 0.29) is 0 Å². The minimum atomic E-state index is -3.39. The smallest absolute Gasteiger partial charge is 0.250 e. The van der Waals surface area contributed by atoms with Crippen LogP contribution in [0.2, 0.25) is 4.34 Å². The molecule has 0 atom stereocenters. The van der Waals surface area contributed by atoms with Crippen molar-refractivity contribution in [3.8, 4) is 0 Å². The van der Waals surface area contributed by atoms with E-state index in [1.807, 2.05) is 0 Å². The lowest BCUT2D eigenvalue weighted by Gasteiger charge is -2.05. The predicted molar refractivity (Wildman–Crippen MR) is 74.9 cm³/mol. The molecule has 2 rings (SSSR count). The summed E-state index contributed by atoms with van der Waals surface area (Å²) in [6, 6.07) is 2.28. The van der Waals surface area contributed by atoms with Gasteiger partial charge in [-0.15, -0.1) is 11.3 Å². The van der Waals surface area contributed by atoms with Crippen molar-refractivity contribution in [2.24, 2.45) is 0 Å². The lowest BCUT2D eigenvalue weighted by Crippen LogP contribution is -2.27. The fourth-order valence-corrected chi connectivity index (χ4v) is 4.35. The zero-order chi connectivity index (χ0) is 13.2. The Hall–Kier alpha value is -0.140. The van der Waals surface area contributed by atoms with Crippen LogP contribution in [0.15, 0.2) is 10.3 Å². The van der Waals surface area contributed by atoms with Crippen LogP contribution in [0.5, 0.6) is 0 Å². The Labute approximate surface area is 117 Å². The van der Waals surface area contributed by atoms with Gasteiger partial charge in [-0.3, -0.25) is 0 Å². The van der Waals surface area contributed by atoms with E-state index in [4.69, 9.17) is 11.6 Å². The summed E-state index contributed by atoms with van der Waals surface area (Å²) in [5.41, 5.74) is 0.803. The van der Waals surface area contributed by atoms with E-state index in [1.165, 1.54) is 12.8 Å². The molecule has 0 amide bonds. The highest BCUT2D eigenvalue weighted by molar-refractivity contribution is 7.91. The predicted octanol–water partition coefficient (Wildman–Crippen LogP) is 2.13. The zero-order valence-electron chi connectivity index (χ0n) is 10.2. The van der Waals surface area contributed by atoms with Crippen LogP contribution in [0.1, 0.15) is 24.8 Å². The van der Waals surface area contributed by atoms with Crippen molar-refractivity contribution in [3.63, 3.8) is 0 Å². The Kier molecular flexibility index (Phi) is 4.66. The molecule has 2 N–H and O–H groups in total. The highest BCUT2D eigenvalue weighted by Gasteiger charge is 2.20. The van der Waals surface area contributed by atoms with Gasteiger partial charge in [-0.1, -0.05) is 11.6 Å². The summed E-state index contributed by atoms with van der Waals surface area (Å²) in [6.07, 6.45) is 3.30. The van der Waals surface area contributed by atoms with Crippen LogP contribution in [-0.4, -0.2) is 27.5 Å². The Balaban J connectivity index is 1.79. The van der Waals surface area contributed by atoms with Crippen LogP contribution in [0.3, 0.4) is 0 Å². The molecule has 0 saturated heterocycles. The second kappa shape index (κ2) is 5.88. The van der Waals surface area contributed by atoms with E-state index in [1.54, 1.807) is 13.0 Å². The molecule has 1 aliphatic rings. The number of halogens is 1. The van der Waals surface area contributed by atoms with Crippen molar-refractivity contribution in [3.05, 3.63) is 16.0 Å². The summed E-state index contributed by atoms with van der Waals surface area (Å²) in [5.74, 6) is 0. The standard InChI is InChI=1S/C11H17ClN2O2S2/c1-8-7-10(17-11(8)12)18(15,16)14-6-2-5-13-9-3-4-9/h7,9,13-14H,2-6H2,1H3. The fourth-order valence-electron chi connectivity index (χ4n) is 1.52. The summed E-state index contributed by atoms with van der Waals surface area (Å²) in [4.78, 5) is 0. The maximum Gasteiger partial charge on any atom is 0.250 e. The molecule has 1 aromatic heterocycles. The third-order valence-electron chi connectivity index (χ3n) is 2.76. The fraction of sp³-hybridized carbons (Fsp3) is 0.636. The first kappa shape index (κ1) is 14.3. The van der Waals surface area contributed by atoms with Gasteiger partial charge >= 0.3 is 0 Å². The van der Waals surface area contributed by atoms with E-state index in [0.29, 0.717) is 21.1 Å². The van der Waals surface area contributed by atoms with Gasteiger partial charge in [-0.25, -0.2) is 13.1 Å². The van der Waals surface area contributed by atoms with Crippen LogP contribution in [0.4, 0.5) is 0 Å². The first-order valence-corrected chi connectivity index (χ1v) is 8.66. The van der Waals surface area contributed by atoms with Gasteiger partial charge in [0.15, 0.2) is 0 Å².